The third kappa shape index (κ3) is 2.68. The van der Waals surface area contributed by atoms with Crippen LogP contribution in [0.2, 0.25) is 0 Å². The Balaban J connectivity index is 1.41. The summed E-state index contributed by atoms with van der Waals surface area (Å²) in [5.74, 6) is 1.09. The summed E-state index contributed by atoms with van der Waals surface area (Å²) in [6.07, 6.45) is 0. The molecule has 0 aliphatic carbocycles. The lowest BCUT2D eigenvalue weighted by molar-refractivity contribution is -0.120. The fourth-order valence-electron chi connectivity index (χ4n) is 2.61. The Morgan fingerprint density at radius 3 is 2.91 bits per heavy atom. The number of nitrogens with one attached hydrogen (secondary N) is 1. The Bertz CT molecular complexity index is 879. The van der Waals surface area contributed by atoms with Gasteiger partial charge in [-0.3, -0.25) is 4.79 Å². The van der Waals surface area contributed by atoms with Crippen LogP contribution < -0.4 is 10.2 Å². The van der Waals surface area contributed by atoms with Gasteiger partial charge in [0.25, 0.3) is 0 Å². The Morgan fingerprint density at radius 2 is 2.17 bits per heavy atom. The molecule has 1 aromatic carbocycles. The topological polar surface area (TPSA) is 71.3 Å². The van der Waals surface area contributed by atoms with Gasteiger partial charge in [-0.05, 0) is 31.5 Å². The molecule has 23 heavy (non-hydrogen) atoms. The number of hydrogen-bond donors (Lipinski definition) is 1. The van der Waals surface area contributed by atoms with E-state index in [0.29, 0.717) is 24.7 Å². The van der Waals surface area contributed by atoms with Gasteiger partial charge in [0.2, 0.25) is 5.91 Å². The van der Waals surface area contributed by atoms with Gasteiger partial charge in [0.15, 0.2) is 10.9 Å². The fourth-order valence-corrected chi connectivity index (χ4v) is 3.69. The van der Waals surface area contributed by atoms with E-state index in [0.717, 1.165) is 10.6 Å². The molecule has 1 fully saturated rings. The van der Waals surface area contributed by atoms with E-state index in [4.69, 9.17) is 4.52 Å². The van der Waals surface area contributed by atoms with Gasteiger partial charge in [0.05, 0.1) is 16.1 Å². The van der Waals surface area contributed by atoms with Gasteiger partial charge in [-0.25, -0.2) is 4.98 Å². The second-order valence-corrected chi connectivity index (χ2v) is 6.89. The van der Waals surface area contributed by atoms with E-state index >= 15 is 0 Å². The number of benzene rings is 1. The summed E-state index contributed by atoms with van der Waals surface area (Å²) >= 11 is 1.67. The molecule has 0 unspecified atom stereocenters. The highest BCUT2D eigenvalue weighted by molar-refractivity contribution is 7.22. The van der Waals surface area contributed by atoms with Gasteiger partial charge in [0, 0.05) is 19.2 Å². The SMILES string of the molecule is Cc1ccc2nc(N3CC(C(=O)Nc4cc(C)on4)C3)sc2c1. The maximum absolute atomic E-state index is 12.2. The third-order valence-corrected chi connectivity index (χ3v) is 5.01. The first-order chi connectivity index (χ1) is 11.1. The van der Waals surface area contributed by atoms with E-state index in [1.54, 1.807) is 24.3 Å². The average Bonchev–Trinajstić information content (AvgIpc) is 3.03. The molecule has 3 heterocycles. The predicted octanol–water partition coefficient (Wildman–Crippen LogP) is 2.98. The van der Waals surface area contributed by atoms with Crippen molar-refractivity contribution in [3.8, 4) is 0 Å². The molecule has 1 saturated heterocycles. The van der Waals surface area contributed by atoms with Crippen LogP contribution in [0.25, 0.3) is 10.2 Å². The zero-order valence-corrected chi connectivity index (χ0v) is 13.7. The van der Waals surface area contributed by atoms with Crippen LogP contribution in [0.4, 0.5) is 10.9 Å². The minimum Gasteiger partial charge on any atom is -0.360 e. The molecule has 0 saturated carbocycles. The standard InChI is InChI=1S/C16H16N4O2S/c1-9-3-4-12-13(5-9)23-16(17-12)20-7-11(8-20)15(21)18-14-6-10(2)22-19-14/h3-6,11H,7-8H2,1-2H3,(H,18,19,21). The van der Waals surface area contributed by atoms with E-state index in [9.17, 15) is 4.79 Å². The van der Waals surface area contributed by atoms with Crippen molar-refractivity contribution >= 4 is 38.4 Å². The average molecular weight is 328 g/mol. The Hall–Kier alpha value is -2.41. The van der Waals surface area contributed by atoms with Crippen LogP contribution in [0.3, 0.4) is 0 Å². The van der Waals surface area contributed by atoms with E-state index < -0.39 is 0 Å². The smallest absolute Gasteiger partial charge is 0.232 e. The molecule has 4 rings (SSSR count). The van der Waals surface area contributed by atoms with Crippen LogP contribution in [0.5, 0.6) is 0 Å². The summed E-state index contributed by atoms with van der Waals surface area (Å²) in [4.78, 5) is 18.9. The summed E-state index contributed by atoms with van der Waals surface area (Å²) < 4.78 is 6.13. The number of carbonyl (C=O) groups excluding carboxylic acids is 1. The van der Waals surface area contributed by atoms with Gasteiger partial charge >= 0.3 is 0 Å². The lowest BCUT2D eigenvalue weighted by Gasteiger charge is -2.37. The Labute approximate surface area is 137 Å². The van der Waals surface area contributed by atoms with E-state index in [2.05, 4.69) is 39.4 Å². The van der Waals surface area contributed by atoms with Crippen LogP contribution in [-0.2, 0) is 4.79 Å². The van der Waals surface area contributed by atoms with Gasteiger partial charge < -0.3 is 14.7 Å². The summed E-state index contributed by atoms with van der Waals surface area (Å²) in [6.45, 7) is 5.24. The van der Waals surface area contributed by atoms with Gasteiger partial charge in [-0.1, -0.05) is 22.6 Å². The summed E-state index contributed by atoms with van der Waals surface area (Å²) in [7, 11) is 0. The van der Waals surface area contributed by atoms with Crippen molar-refractivity contribution in [3.63, 3.8) is 0 Å². The van der Waals surface area contributed by atoms with Gasteiger partial charge in [-0.15, -0.1) is 0 Å². The molecule has 1 amide bonds. The van der Waals surface area contributed by atoms with E-state index in [-0.39, 0.29) is 11.8 Å². The molecule has 6 nitrogen and oxygen atoms in total. The summed E-state index contributed by atoms with van der Waals surface area (Å²) in [6, 6.07) is 7.97. The molecular formula is C16H16N4O2S. The van der Waals surface area contributed by atoms with E-state index in [1.165, 1.54) is 10.3 Å². The van der Waals surface area contributed by atoms with Crippen molar-refractivity contribution in [1.82, 2.24) is 10.1 Å². The second-order valence-electron chi connectivity index (χ2n) is 5.88. The van der Waals surface area contributed by atoms with Gasteiger partial charge in [0.1, 0.15) is 5.76 Å². The molecule has 1 aliphatic rings. The van der Waals surface area contributed by atoms with Crippen molar-refractivity contribution < 1.29 is 9.32 Å². The number of aryl methyl sites for hydroxylation is 2. The number of rotatable bonds is 3. The normalized spacial score (nSPS) is 15.0. The number of anilines is 2. The molecule has 1 N–H and O–H groups in total. The molecule has 1 aliphatic heterocycles. The van der Waals surface area contributed by atoms with Crippen LogP contribution in [0, 0.1) is 19.8 Å². The predicted molar refractivity (Wildman–Crippen MR) is 89.9 cm³/mol. The monoisotopic (exact) mass is 328 g/mol. The molecule has 3 aromatic rings. The van der Waals surface area contributed by atoms with Crippen molar-refractivity contribution in [1.29, 1.82) is 0 Å². The number of thiazole rings is 1. The number of fused-ring (bicyclic) bond motifs is 1. The number of hydrogen-bond acceptors (Lipinski definition) is 6. The molecule has 0 radical (unpaired) electrons. The Morgan fingerprint density at radius 1 is 1.35 bits per heavy atom. The summed E-state index contributed by atoms with van der Waals surface area (Å²) in [5, 5.41) is 7.54. The number of nitrogens with zero attached hydrogens (tertiary/aromatic N) is 3. The molecule has 7 heteroatoms. The number of aromatic nitrogens is 2. The molecule has 118 valence electrons. The highest BCUT2D eigenvalue weighted by atomic mass is 32.1. The maximum atomic E-state index is 12.2. The lowest BCUT2D eigenvalue weighted by Crippen LogP contribution is -2.52. The highest BCUT2D eigenvalue weighted by Crippen LogP contribution is 2.33. The number of carbonyl (C=O) groups is 1. The van der Waals surface area contributed by atoms with Crippen LogP contribution in [0.15, 0.2) is 28.8 Å². The molecular weight excluding hydrogens is 312 g/mol. The first-order valence-electron chi connectivity index (χ1n) is 7.45. The van der Waals surface area contributed by atoms with Crippen molar-refractivity contribution in [2.75, 3.05) is 23.3 Å². The van der Waals surface area contributed by atoms with Gasteiger partial charge in [-0.2, -0.15) is 0 Å². The maximum Gasteiger partial charge on any atom is 0.232 e. The minimum atomic E-state index is -0.0410. The second kappa shape index (κ2) is 5.34. The van der Waals surface area contributed by atoms with E-state index in [1.807, 2.05) is 6.07 Å². The van der Waals surface area contributed by atoms with Crippen molar-refractivity contribution in [2.45, 2.75) is 13.8 Å². The number of amides is 1. The zero-order valence-electron chi connectivity index (χ0n) is 12.9. The quantitative estimate of drug-likeness (QED) is 0.800. The first-order valence-corrected chi connectivity index (χ1v) is 8.26. The third-order valence-electron chi connectivity index (χ3n) is 3.93. The molecule has 0 bridgehead atoms. The van der Waals surface area contributed by atoms with Crippen molar-refractivity contribution in [2.24, 2.45) is 5.92 Å². The largest absolute Gasteiger partial charge is 0.360 e. The highest BCUT2D eigenvalue weighted by Gasteiger charge is 2.34. The van der Waals surface area contributed by atoms with Crippen LogP contribution in [-0.4, -0.2) is 29.1 Å². The molecule has 0 spiro atoms. The lowest BCUT2D eigenvalue weighted by atomic mass is 10.0. The zero-order chi connectivity index (χ0) is 16.0. The first kappa shape index (κ1) is 14.2. The molecule has 0 atom stereocenters. The summed E-state index contributed by atoms with van der Waals surface area (Å²) in [5.41, 5.74) is 2.25. The molecule has 2 aromatic heterocycles. The fraction of sp³-hybridized carbons (Fsp3) is 0.312. The Kier molecular flexibility index (Phi) is 3.30. The van der Waals surface area contributed by atoms with Crippen LogP contribution in [0.1, 0.15) is 11.3 Å². The van der Waals surface area contributed by atoms with Crippen molar-refractivity contribution in [3.05, 3.63) is 35.6 Å². The van der Waals surface area contributed by atoms with Crippen LogP contribution >= 0.6 is 11.3 Å². The minimum absolute atomic E-state index is 0.0218.